The third-order valence-electron chi connectivity index (χ3n) is 3.26. The molecule has 1 saturated carbocycles. The minimum atomic E-state index is -0.344. The highest BCUT2D eigenvalue weighted by Crippen LogP contribution is 2.37. The molecule has 1 N–H and O–H groups in total. The average molecular weight is 196 g/mol. The van der Waals surface area contributed by atoms with Crippen LogP contribution in [0.5, 0.6) is 0 Å². The van der Waals surface area contributed by atoms with Crippen molar-refractivity contribution in [3.63, 3.8) is 0 Å². The SMILES string of the molecule is C#CCCCC(O)C1(OC)CCCC1. The molecule has 1 rings (SSSR count). The van der Waals surface area contributed by atoms with Gasteiger partial charge in [0.2, 0.25) is 0 Å². The molecule has 2 heteroatoms. The van der Waals surface area contributed by atoms with Crippen molar-refractivity contribution in [3.05, 3.63) is 0 Å². The van der Waals surface area contributed by atoms with E-state index in [2.05, 4.69) is 5.92 Å². The fourth-order valence-corrected chi connectivity index (χ4v) is 2.31. The summed E-state index contributed by atoms with van der Waals surface area (Å²) in [6, 6.07) is 0. The van der Waals surface area contributed by atoms with Gasteiger partial charge in [-0.15, -0.1) is 12.3 Å². The predicted molar refractivity (Wildman–Crippen MR) is 56.9 cm³/mol. The van der Waals surface area contributed by atoms with Crippen molar-refractivity contribution < 1.29 is 9.84 Å². The van der Waals surface area contributed by atoms with Gasteiger partial charge in [-0.3, -0.25) is 0 Å². The molecule has 1 unspecified atom stereocenters. The van der Waals surface area contributed by atoms with E-state index in [1.54, 1.807) is 7.11 Å². The normalized spacial score (nSPS) is 21.8. The molecule has 1 atom stereocenters. The van der Waals surface area contributed by atoms with E-state index in [0.29, 0.717) is 0 Å². The maximum Gasteiger partial charge on any atom is 0.0936 e. The number of rotatable bonds is 5. The molecule has 0 aliphatic heterocycles. The van der Waals surface area contributed by atoms with Crippen LogP contribution in [-0.2, 0) is 4.74 Å². The van der Waals surface area contributed by atoms with Crippen molar-refractivity contribution in [2.45, 2.75) is 56.7 Å². The third-order valence-corrected chi connectivity index (χ3v) is 3.26. The van der Waals surface area contributed by atoms with Crippen LogP contribution in [0.15, 0.2) is 0 Å². The first-order valence-electron chi connectivity index (χ1n) is 5.42. The molecule has 0 aromatic heterocycles. The zero-order chi connectivity index (χ0) is 10.4. The van der Waals surface area contributed by atoms with E-state index in [-0.39, 0.29) is 11.7 Å². The lowest BCUT2D eigenvalue weighted by atomic mass is 9.91. The molecule has 1 aliphatic rings. The van der Waals surface area contributed by atoms with E-state index in [0.717, 1.165) is 32.1 Å². The van der Waals surface area contributed by atoms with Gasteiger partial charge in [0.05, 0.1) is 11.7 Å². The second-order valence-electron chi connectivity index (χ2n) is 4.09. The molecule has 2 nitrogen and oxygen atoms in total. The standard InChI is InChI=1S/C12H20O2/c1-3-4-5-8-11(13)12(14-2)9-6-7-10-12/h1,11,13H,4-10H2,2H3. The monoisotopic (exact) mass is 196 g/mol. The Kier molecular flexibility index (Phi) is 4.44. The summed E-state index contributed by atoms with van der Waals surface area (Å²) in [6.45, 7) is 0. The van der Waals surface area contributed by atoms with Crippen LogP contribution < -0.4 is 0 Å². The molecule has 0 radical (unpaired) electrons. The van der Waals surface area contributed by atoms with Crippen molar-refractivity contribution in [1.29, 1.82) is 0 Å². The van der Waals surface area contributed by atoms with Crippen LogP contribution in [-0.4, -0.2) is 23.9 Å². The molecule has 0 heterocycles. The summed E-state index contributed by atoms with van der Waals surface area (Å²) >= 11 is 0. The van der Waals surface area contributed by atoms with E-state index < -0.39 is 0 Å². The molecule has 0 aromatic rings. The first-order valence-corrected chi connectivity index (χ1v) is 5.42. The lowest BCUT2D eigenvalue weighted by Crippen LogP contribution is -2.41. The van der Waals surface area contributed by atoms with Gasteiger partial charge >= 0.3 is 0 Å². The Morgan fingerprint density at radius 1 is 1.50 bits per heavy atom. The minimum Gasteiger partial charge on any atom is -0.390 e. The second kappa shape index (κ2) is 5.38. The van der Waals surface area contributed by atoms with Gasteiger partial charge < -0.3 is 9.84 Å². The summed E-state index contributed by atoms with van der Waals surface area (Å²) in [5, 5.41) is 10.0. The van der Waals surface area contributed by atoms with E-state index in [4.69, 9.17) is 11.2 Å². The number of terminal acetylenes is 1. The lowest BCUT2D eigenvalue weighted by Gasteiger charge is -2.32. The van der Waals surface area contributed by atoms with Gasteiger partial charge in [0.15, 0.2) is 0 Å². The van der Waals surface area contributed by atoms with Gasteiger partial charge in [-0.25, -0.2) is 0 Å². The van der Waals surface area contributed by atoms with Gasteiger partial charge in [0, 0.05) is 13.5 Å². The Balaban J connectivity index is 2.40. The predicted octanol–water partition coefficient (Wildman–Crippen LogP) is 2.11. The van der Waals surface area contributed by atoms with Gasteiger partial charge in [-0.05, 0) is 25.7 Å². The second-order valence-corrected chi connectivity index (χ2v) is 4.09. The fraction of sp³-hybridized carbons (Fsp3) is 0.833. The van der Waals surface area contributed by atoms with Crippen LogP contribution in [0, 0.1) is 12.3 Å². The molecule has 0 spiro atoms. The van der Waals surface area contributed by atoms with Crippen LogP contribution in [0.25, 0.3) is 0 Å². The number of ether oxygens (including phenoxy) is 1. The lowest BCUT2D eigenvalue weighted by molar-refractivity contribution is -0.101. The number of hydrogen-bond acceptors (Lipinski definition) is 2. The van der Waals surface area contributed by atoms with Crippen molar-refractivity contribution in [2.75, 3.05) is 7.11 Å². The van der Waals surface area contributed by atoms with Crippen LogP contribution in [0.4, 0.5) is 0 Å². The number of aliphatic hydroxyl groups excluding tert-OH is 1. The highest BCUT2D eigenvalue weighted by atomic mass is 16.5. The first-order chi connectivity index (χ1) is 6.75. The molecule has 1 aliphatic carbocycles. The van der Waals surface area contributed by atoms with Crippen molar-refractivity contribution in [1.82, 2.24) is 0 Å². The smallest absolute Gasteiger partial charge is 0.0936 e. The maximum atomic E-state index is 10.0. The van der Waals surface area contributed by atoms with Crippen LogP contribution in [0.3, 0.4) is 0 Å². The zero-order valence-electron chi connectivity index (χ0n) is 8.96. The molecule has 0 amide bonds. The number of aliphatic hydroxyl groups is 1. The molecule has 14 heavy (non-hydrogen) atoms. The molecular formula is C12H20O2. The summed E-state index contributed by atoms with van der Waals surface area (Å²) < 4.78 is 5.49. The zero-order valence-corrected chi connectivity index (χ0v) is 8.96. The minimum absolute atomic E-state index is 0.269. The fourth-order valence-electron chi connectivity index (χ4n) is 2.31. The topological polar surface area (TPSA) is 29.5 Å². The highest BCUT2D eigenvalue weighted by Gasteiger charge is 2.40. The molecular weight excluding hydrogens is 176 g/mol. The molecule has 80 valence electrons. The van der Waals surface area contributed by atoms with Crippen LogP contribution in [0.1, 0.15) is 44.9 Å². The first kappa shape index (κ1) is 11.6. The summed E-state index contributed by atoms with van der Waals surface area (Å²) in [7, 11) is 1.70. The highest BCUT2D eigenvalue weighted by molar-refractivity contribution is 4.93. The summed E-state index contributed by atoms with van der Waals surface area (Å²) in [5.74, 6) is 2.59. The number of hydrogen-bond donors (Lipinski definition) is 1. The van der Waals surface area contributed by atoms with Gasteiger partial charge in [0.25, 0.3) is 0 Å². The van der Waals surface area contributed by atoms with Crippen molar-refractivity contribution >= 4 is 0 Å². The van der Waals surface area contributed by atoms with Gasteiger partial charge in [-0.2, -0.15) is 0 Å². The average Bonchev–Trinajstić information content (AvgIpc) is 2.67. The molecule has 0 saturated heterocycles. The molecule has 0 aromatic carbocycles. The largest absolute Gasteiger partial charge is 0.390 e. The maximum absolute atomic E-state index is 10.0. The Labute approximate surface area is 86.7 Å². The van der Waals surface area contributed by atoms with Gasteiger partial charge in [-0.1, -0.05) is 12.8 Å². The summed E-state index contributed by atoms with van der Waals surface area (Å²) in [5.41, 5.74) is -0.269. The van der Waals surface area contributed by atoms with Crippen LogP contribution in [0.2, 0.25) is 0 Å². The van der Waals surface area contributed by atoms with Crippen molar-refractivity contribution in [3.8, 4) is 12.3 Å². The van der Waals surface area contributed by atoms with E-state index in [1.165, 1.54) is 12.8 Å². The molecule has 1 fully saturated rings. The number of unbranched alkanes of at least 4 members (excludes halogenated alkanes) is 1. The Morgan fingerprint density at radius 2 is 2.14 bits per heavy atom. The number of methoxy groups -OCH3 is 1. The Bertz CT molecular complexity index is 199. The van der Waals surface area contributed by atoms with Gasteiger partial charge in [0.1, 0.15) is 0 Å². The van der Waals surface area contributed by atoms with Crippen molar-refractivity contribution in [2.24, 2.45) is 0 Å². The summed E-state index contributed by atoms with van der Waals surface area (Å²) in [6.07, 6.45) is 11.5. The molecule has 0 bridgehead atoms. The van der Waals surface area contributed by atoms with E-state index >= 15 is 0 Å². The Morgan fingerprint density at radius 3 is 2.64 bits per heavy atom. The quantitative estimate of drug-likeness (QED) is 0.539. The summed E-state index contributed by atoms with van der Waals surface area (Å²) in [4.78, 5) is 0. The third kappa shape index (κ3) is 2.50. The Hall–Kier alpha value is -0.520. The van der Waals surface area contributed by atoms with E-state index in [1.807, 2.05) is 0 Å². The van der Waals surface area contributed by atoms with E-state index in [9.17, 15) is 5.11 Å². The van der Waals surface area contributed by atoms with Crippen LogP contribution >= 0.6 is 0 Å².